The number of nitrogens with one attached hydrogen (secondary N) is 1. The second-order valence-corrected chi connectivity index (χ2v) is 5.78. The van der Waals surface area contributed by atoms with Crippen molar-refractivity contribution in [3.05, 3.63) is 77.9 Å². The van der Waals surface area contributed by atoms with Gasteiger partial charge in [0.25, 0.3) is 5.91 Å². The highest BCUT2D eigenvalue weighted by atomic mass is 16.3. The van der Waals surface area contributed by atoms with Gasteiger partial charge in [-0.2, -0.15) is 5.10 Å². The van der Waals surface area contributed by atoms with E-state index in [1.165, 1.54) is 0 Å². The number of phenols is 1. The number of fused-ring (bicyclic) bond motifs is 1. The van der Waals surface area contributed by atoms with Gasteiger partial charge < -0.3 is 10.8 Å². The summed E-state index contributed by atoms with van der Waals surface area (Å²) in [4.78, 5) is 12.1. The molecular formula is C20H19N3O2. The molecule has 0 aliphatic carbocycles. The summed E-state index contributed by atoms with van der Waals surface area (Å²) in [6.07, 6.45) is 1.99. The van der Waals surface area contributed by atoms with Gasteiger partial charge in [-0.3, -0.25) is 4.79 Å². The number of phenolic OH excluding ortho intramolecular Hbond substituents is 1. The van der Waals surface area contributed by atoms with Crippen molar-refractivity contribution in [1.29, 1.82) is 0 Å². The number of nitrogens with zero attached hydrogens (tertiary/aromatic N) is 1. The number of benzene rings is 3. The first-order valence-electron chi connectivity index (χ1n) is 7.97. The second-order valence-electron chi connectivity index (χ2n) is 5.78. The van der Waals surface area contributed by atoms with Crippen molar-refractivity contribution in [1.82, 2.24) is 5.43 Å². The maximum Gasteiger partial charge on any atom is 0.257 e. The van der Waals surface area contributed by atoms with Gasteiger partial charge in [0, 0.05) is 5.56 Å². The van der Waals surface area contributed by atoms with Crippen molar-refractivity contribution in [2.75, 3.05) is 0 Å². The molecule has 0 radical (unpaired) electrons. The molecule has 0 saturated heterocycles. The Morgan fingerprint density at radius 2 is 1.80 bits per heavy atom. The number of carbonyl (C=O) groups is 1. The predicted molar refractivity (Wildman–Crippen MR) is 99.5 cm³/mol. The van der Waals surface area contributed by atoms with Gasteiger partial charge in [-0.1, -0.05) is 54.6 Å². The van der Waals surface area contributed by atoms with E-state index in [4.69, 9.17) is 5.73 Å². The lowest BCUT2D eigenvalue weighted by Crippen LogP contribution is -2.39. The number of rotatable bonds is 5. The minimum absolute atomic E-state index is 0.182. The Morgan fingerprint density at radius 1 is 1.08 bits per heavy atom. The Kier molecular flexibility index (Phi) is 5.06. The van der Waals surface area contributed by atoms with Crippen LogP contribution in [0.4, 0.5) is 0 Å². The molecule has 126 valence electrons. The highest BCUT2D eigenvalue weighted by Gasteiger charge is 2.13. The third-order valence-corrected chi connectivity index (χ3v) is 3.93. The zero-order valence-electron chi connectivity index (χ0n) is 13.6. The average molecular weight is 333 g/mol. The van der Waals surface area contributed by atoms with Crippen LogP contribution in [-0.4, -0.2) is 23.3 Å². The molecule has 25 heavy (non-hydrogen) atoms. The van der Waals surface area contributed by atoms with Gasteiger partial charge in [-0.25, -0.2) is 5.43 Å². The summed E-state index contributed by atoms with van der Waals surface area (Å²) in [7, 11) is 0. The number of aromatic hydroxyl groups is 1. The lowest BCUT2D eigenvalue weighted by molar-refractivity contribution is -0.122. The molecule has 3 aromatic rings. The van der Waals surface area contributed by atoms with Crippen LogP contribution in [0.15, 0.2) is 71.8 Å². The Bertz CT molecular complexity index is 899. The highest BCUT2D eigenvalue weighted by molar-refractivity contribution is 6.00. The molecule has 0 aromatic heterocycles. The van der Waals surface area contributed by atoms with Crippen molar-refractivity contribution in [3.8, 4) is 5.75 Å². The van der Waals surface area contributed by atoms with Crippen LogP contribution < -0.4 is 11.2 Å². The number of hydrogen-bond acceptors (Lipinski definition) is 4. The smallest absolute Gasteiger partial charge is 0.257 e. The van der Waals surface area contributed by atoms with E-state index in [0.29, 0.717) is 6.42 Å². The van der Waals surface area contributed by atoms with Crippen LogP contribution in [0.2, 0.25) is 0 Å². The van der Waals surface area contributed by atoms with Crippen molar-refractivity contribution in [3.63, 3.8) is 0 Å². The minimum atomic E-state index is -0.714. The zero-order valence-corrected chi connectivity index (χ0v) is 13.6. The van der Waals surface area contributed by atoms with Crippen LogP contribution >= 0.6 is 0 Å². The monoisotopic (exact) mass is 333 g/mol. The molecule has 0 aliphatic rings. The SMILES string of the molecule is N[C@H](Cc1ccc(O)cc1)C(=O)N/N=C/c1cccc2ccccc12. The predicted octanol–water partition coefficient (Wildman–Crippen LogP) is 2.57. The average Bonchev–Trinajstić information content (AvgIpc) is 2.63. The van der Waals surface area contributed by atoms with E-state index in [0.717, 1.165) is 21.9 Å². The highest BCUT2D eigenvalue weighted by Crippen LogP contribution is 2.16. The van der Waals surface area contributed by atoms with Crippen LogP contribution in [0.5, 0.6) is 5.75 Å². The number of nitrogens with two attached hydrogens (primary N) is 1. The van der Waals surface area contributed by atoms with E-state index in [9.17, 15) is 9.90 Å². The molecule has 0 unspecified atom stereocenters. The lowest BCUT2D eigenvalue weighted by atomic mass is 10.1. The van der Waals surface area contributed by atoms with Gasteiger partial charge >= 0.3 is 0 Å². The van der Waals surface area contributed by atoms with Gasteiger partial charge in [0.2, 0.25) is 0 Å². The molecule has 0 heterocycles. The third kappa shape index (κ3) is 4.22. The van der Waals surface area contributed by atoms with Gasteiger partial charge in [0.15, 0.2) is 0 Å². The topological polar surface area (TPSA) is 87.7 Å². The van der Waals surface area contributed by atoms with E-state index in [-0.39, 0.29) is 11.7 Å². The Labute approximate surface area is 145 Å². The quantitative estimate of drug-likeness (QED) is 0.495. The van der Waals surface area contributed by atoms with Crippen LogP contribution in [0, 0.1) is 0 Å². The first-order valence-corrected chi connectivity index (χ1v) is 7.97. The minimum Gasteiger partial charge on any atom is -0.508 e. The fourth-order valence-electron chi connectivity index (χ4n) is 2.59. The molecule has 3 rings (SSSR count). The maximum absolute atomic E-state index is 12.1. The molecule has 5 nitrogen and oxygen atoms in total. The molecule has 0 spiro atoms. The summed E-state index contributed by atoms with van der Waals surface area (Å²) in [5.41, 5.74) is 10.2. The van der Waals surface area contributed by atoms with E-state index in [1.807, 2.05) is 42.5 Å². The van der Waals surface area contributed by atoms with Gasteiger partial charge in [0.1, 0.15) is 5.75 Å². The van der Waals surface area contributed by atoms with Gasteiger partial charge in [-0.05, 0) is 34.9 Å². The summed E-state index contributed by atoms with van der Waals surface area (Å²) >= 11 is 0. The summed E-state index contributed by atoms with van der Waals surface area (Å²) in [5.74, 6) is -0.175. The van der Waals surface area contributed by atoms with Gasteiger partial charge in [0.05, 0.1) is 12.3 Å². The fourth-order valence-corrected chi connectivity index (χ4v) is 2.59. The molecule has 3 aromatic carbocycles. The Morgan fingerprint density at radius 3 is 2.60 bits per heavy atom. The molecule has 0 fully saturated rings. The first kappa shape index (κ1) is 16.7. The molecule has 1 amide bonds. The van der Waals surface area contributed by atoms with Crippen molar-refractivity contribution >= 4 is 22.9 Å². The fraction of sp³-hybridized carbons (Fsp3) is 0.100. The van der Waals surface area contributed by atoms with Crippen molar-refractivity contribution in [2.24, 2.45) is 10.8 Å². The number of carbonyl (C=O) groups excluding carboxylic acids is 1. The normalized spacial score (nSPS) is 12.4. The molecule has 0 bridgehead atoms. The van der Waals surface area contributed by atoms with Crippen LogP contribution in [0.25, 0.3) is 10.8 Å². The molecule has 0 saturated carbocycles. The summed E-state index contributed by atoms with van der Waals surface area (Å²) in [5, 5.41) is 15.5. The Hall–Kier alpha value is -3.18. The first-order chi connectivity index (χ1) is 12.1. The van der Waals surface area contributed by atoms with Crippen molar-refractivity contribution in [2.45, 2.75) is 12.5 Å². The molecule has 4 N–H and O–H groups in total. The zero-order chi connectivity index (χ0) is 17.6. The van der Waals surface area contributed by atoms with E-state index < -0.39 is 6.04 Å². The maximum atomic E-state index is 12.1. The third-order valence-electron chi connectivity index (χ3n) is 3.93. The van der Waals surface area contributed by atoms with Gasteiger partial charge in [-0.15, -0.1) is 0 Å². The number of hydrazone groups is 1. The summed E-state index contributed by atoms with van der Waals surface area (Å²) < 4.78 is 0. The molecule has 5 heteroatoms. The summed E-state index contributed by atoms with van der Waals surface area (Å²) in [6, 6.07) is 19.8. The number of amides is 1. The molecule has 1 atom stereocenters. The van der Waals surface area contributed by atoms with E-state index in [1.54, 1.807) is 30.5 Å². The largest absolute Gasteiger partial charge is 0.508 e. The molecule has 0 aliphatic heterocycles. The standard InChI is InChI=1S/C20H19N3O2/c21-19(12-14-8-10-17(24)11-9-14)20(25)23-22-13-16-6-3-5-15-4-1-2-7-18(15)16/h1-11,13,19,24H,12,21H2,(H,23,25)/b22-13+/t19-/m1/s1. The van der Waals surface area contributed by atoms with E-state index >= 15 is 0 Å². The lowest BCUT2D eigenvalue weighted by Gasteiger charge is -2.10. The second kappa shape index (κ2) is 7.59. The molecular weight excluding hydrogens is 314 g/mol. The van der Waals surface area contributed by atoms with Crippen LogP contribution in [0.3, 0.4) is 0 Å². The Balaban J connectivity index is 1.62. The van der Waals surface area contributed by atoms with Crippen LogP contribution in [-0.2, 0) is 11.2 Å². The van der Waals surface area contributed by atoms with Crippen molar-refractivity contribution < 1.29 is 9.90 Å². The van der Waals surface area contributed by atoms with Crippen LogP contribution in [0.1, 0.15) is 11.1 Å². The number of hydrogen-bond donors (Lipinski definition) is 3. The van der Waals surface area contributed by atoms with E-state index in [2.05, 4.69) is 10.5 Å². The summed E-state index contributed by atoms with van der Waals surface area (Å²) in [6.45, 7) is 0.